The zero-order chi connectivity index (χ0) is 20.5. The number of piperidine rings is 1. The van der Waals surface area contributed by atoms with Crippen molar-refractivity contribution in [3.8, 4) is 0 Å². The topological polar surface area (TPSA) is 88.3 Å². The first kappa shape index (κ1) is 19.8. The molecule has 0 radical (unpaired) electrons. The van der Waals surface area contributed by atoms with Crippen LogP contribution in [0.5, 0.6) is 0 Å². The van der Waals surface area contributed by atoms with Crippen LogP contribution < -0.4 is 5.32 Å². The average molecular weight is 421 g/mol. The van der Waals surface area contributed by atoms with Gasteiger partial charge in [0.05, 0.1) is 5.69 Å². The summed E-state index contributed by atoms with van der Waals surface area (Å²) in [4.78, 5) is 26.6. The number of nitrogens with zero attached hydrogens (tertiary/aromatic N) is 6. The lowest BCUT2D eigenvalue weighted by molar-refractivity contribution is -0.114. The van der Waals surface area contributed by atoms with Crippen LogP contribution in [0.2, 0.25) is 0 Å². The molecule has 2 atom stereocenters. The number of aromatic nitrogens is 5. The van der Waals surface area contributed by atoms with Gasteiger partial charge < -0.3 is 5.32 Å². The molecule has 154 valence electrons. The Bertz CT molecular complexity index is 1020. The molecule has 29 heavy (non-hydrogen) atoms. The maximum Gasteiger partial charge on any atom is 0.280 e. The van der Waals surface area contributed by atoms with Gasteiger partial charge in [0.15, 0.2) is 5.13 Å². The van der Waals surface area contributed by atoms with E-state index in [1.54, 1.807) is 10.7 Å². The number of fused-ring (bicyclic) bond motifs is 1. The summed E-state index contributed by atoms with van der Waals surface area (Å²) in [7, 11) is 0. The van der Waals surface area contributed by atoms with Crippen molar-refractivity contribution in [2.45, 2.75) is 39.2 Å². The first-order valence-electron chi connectivity index (χ1n) is 9.34. The quantitative estimate of drug-likeness (QED) is 0.681. The van der Waals surface area contributed by atoms with Gasteiger partial charge >= 0.3 is 0 Å². The second-order valence-corrected chi connectivity index (χ2v) is 8.41. The van der Waals surface area contributed by atoms with Gasteiger partial charge in [0, 0.05) is 37.0 Å². The number of anilines is 1. The summed E-state index contributed by atoms with van der Waals surface area (Å²) in [5, 5.41) is 7.47. The van der Waals surface area contributed by atoms with Crippen LogP contribution >= 0.6 is 11.3 Å². The Hall–Kier alpha value is -2.53. The fourth-order valence-electron chi connectivity index (χ4n) is 3.70. The molecule has 4 heterocycles. The summed E-state index contributed by atoms with van der Waals surface area (Å²) < 4.78 is 28.2. The van der Waals surface area contributed by atoms with E-state index in [4.69, 9.17) is 0 Å². The first-order valence-corrected chi connectivity index (χ1v) is 10.2. The minimum absolute atomic E-state index is 0.0242. The molecule has 4 rings (SSSR count). The number of carbonyl (C=O) groups is 1. The van der Waals surface area contributed by atoms with Crippen LogP contribution in [-0.2, 0) is 11.3 Å². The van der Waals surface area contributed by atoms with E-state index in [0.29, 0.717) is 29.8 Å². The van der Waals surface area contributed by atoms with Gasteiger partial charge in [0.2, 0.25) is 5.91 Å². The lowest BCUT2D eigenvalue weighted by atomic mass is 9.84. The Kier molecular flexibility index (Phi) is 5.50. The standard InChI is InChI=1S/C18H21F2N7OS/c1-10-3-4-26(7-12-6-21-18(29-12)24-11(2)28)8-13(10)15-5-14(16(19)20)25-17-22-9-23-27(15)17/h5-6,9-10,13,16H,3-4,7-8H2,1-2H3,(H,21,24,28)/t10-,13-/m0/s1. The van der Waals surface area contributed by atoms with Gasteiger partial charge in [-0.25, -0.2) is 23.3 Å². The summed E-state index contributed by atoms with van der Waals surface area (Å²) in [6.07, 6.45) is 1.38. The Morgan fingerprint density at radius 3 is 3.00 bits per heavy atom. The summed E-state index contributed by atoms with van der Waals surface area (Å²) in [5.41, 5.74) is 0.440. The van der Waals surface area contributed by atoms with Crippen molar-refractivity contribution in [2.24, 2.45) is 5.92 Å². The van der Waals surface area contributed by atoms with E-state index >= 15 is 0 Å². The summed E-state index contributed by atoms with van der Waals surface area (Å²) in [5.74, 6) is 0.380. The van der Waals surface area contributed by atoms with E-state index in [9.17, 15) is 13.6 Å². The number of likely N-dealkylation sites (tertiary alicyclic amines) is 1. The van der Waals surface area contributed by atoms with Crippen LogP contribution in [0.15, 0.2) is 18.6 Å². The maximum absolute atomic E-state index is 13.3. The molecule has 0 spiro atoms. The highest BCUT2D eigenvalue weighted by Crippen LogP contribution is 2.34. The zero-order valence-corrected chi connectivity index (χ0v) is 16.9. The molecule has 1 aliphatic rings. The smallest absolute Gasteiger partial charge is 0.280 e. The second-order valence-electron chi connectivity index (χ2n) is 7.30. The third kappa shape index (κ3) is 4.25. The number of hydrogen-bond donors (Lipinski definition) is 1. The average Bonchev–Trinajstić information content (AvgIpc) is 3.31. The van der Waals surface area contributed by atoms with Crippen molar-refractivity contribution >= 4 is 28.2 Å². The summed E-state index contributed by atoms with van der Waals surface area (Å²) in [6.45, 7) is 5.88. The third-order valence-corrected chi connectivity index (χ3v) is 6.06. The van der Waals surface area contributed by atoms with Gasteiger partial charge in [-0.05, 0) is 24.9 Å². The number of halogens is 2. The normalized spacial score (nSPS) is 20.4. The van der Waals surface area contributed by atoms with Gasteiger partial charge in [-0.2, -0.15) is 10.1 Å². The van der Waals surface area contributed by atoms with Crippen LogP contribution in [0.3, 0.4) is 0 Å². The maximum atomic E-state index is 13.3. The van der Waals surface area contributed by atoms with E-state index in [2.05, 4.69) is 37.2 Å². The molecule has 0 bridgehead atoms. The first-order chi connectivity index (χ1) is 13.9. The van der Waals surface area contributed by atoms with Crippen LogP contribution in [0.4, 0.5) is 13.9 Å². The largest absolute Gasteiger partial charge is 0.302 e. The van der Waals surface area contributed by atoms with E-state index in [0.717, 1.165) is 17.8 Å². The Balaban J connectivity index is 1.57. The monoisotopic (exact) mass is 421 g/mol. The fraction of sp³-hybridized carbons (Fsp3) is 0.500. The van der Waals surface area contributed by atoms with Crippen molar-refractivity contribution in [2.75, 3.05) is 18.4 Å². The molecule has 1 fully saturated rings. The van der Waals surface area contributed by atoms with Gasteiger partial charge in [-0.15, -0.1) is 11.3 Å². The van der Waals surface area contributed by atoms with Gasteiger partial charge in [-0.3, -0.25) is 9.69 Å². The Labute approximate surface area is 170 Å². The molecular weight excluding hydrogens is 400 g/mol. The molecule has 3 aromatic heterocycles. The van der Waals surface area contributed by atoms with Crippen LogP contribution in [0.1, 0.15) is 48.9 Å². The van der Waals surface area contributed by atoms with Crippen molar-refractivity contribution in [1.29, 1.82) is 0 Å². The highest BCUT2D eigenvalue weighted by Gasteiger charge is 2.31. The van der Waals surface area contributed by atoms with E-state index in [-0.39, 0.29) is 23.3 Å². The van der Waals surface area contributed by atoms with Crippen molar-refractivity contribution in [3.05, 3.63) is 34.9 Å². The lowest BCUT2D eigenvalue weighted by Crippen LogP contribution is -2.38. The van der Waals surface area contributed by atoms with Crippen molar-refractivity contribution in [1.82, 2.24) is 29.5 Å². The lowest BCUT2D eigenvalue weighted by Gasteiger charge is -2.37. The highest BCUT2D eigenvalue weighted by atomic mass is 32.1. The molecule has 1 aliphatic heterocycles. The molecule has 0 unspecified atom stereocenters. The molecular formula is C18H21F2N7OS. The minimum Gasteiger partial charge on any atom is -0.302 e. The summed E-state index contributed by atoms with van der Waals surface area (Å²) in [6, 6.07) is 1.46. The molecule has 8 nitrogen and oxygen atoms in total. The number of nitrogens with one attached hydrogen (secondary N) is 1. The number of rotatable bonds is 5. The molecule has 11 heteroatoms. The van der Waals surface area contributed by atoms with Crippen molar-refractivity contribution < 1.29 is 13.6 Å². The van der Waals surface area contributed by atoms with E-state index < -0.39 is 6.43 Å². The Morgan fingerprint density at radius 2 is 2.24 bits per heavy atom. The van der Waals surface area contributed by atoms with Gasteiger partial charge in [-0.1, -0.05) is 6.92 Å². The van der Waals surface area contributed by atoms with E-state index in [1.807, 2.05) is 0 Å². The number of thiazole rings is 1. The SMILES string of the molecule is CC(=O)Nc1ncc(CN2CC[C@H](C)[C@@H](c3cc(C(F)F)nc4ncnn34)C2)s1. The van der Waals surface area contributed by atoms with E-state index in [1.165, 1.54) is 30.7 Å². The molecule has 1 amide bonds. The Morgan fingerprint density at radius 1 is 1.41 bits per heavy atom. The van der Waals surface area contributed by atoms with Crippen LogP contribution in [0.25, 0.3) is 5.78 Å². The van der Waals surface area contributed by atoms with Crippen molar-refractivity contribution in [3.63, 3.8) is 0 Å². The second kappa shape index (κ2) is 8.07. The highest BCUT2D eigenvalue weighted by molar-refractivity contribution is 7.15. The molecule has 0 saturated carbocycles. The molecule has 0 aromatic carbocycles. The number of amides is 1. The fourth-order valence-corrected chi connectivity index (χ4v) is 4.61. The summed E-state index contributed by atoms with van der Waals surface area (Å²) >= 11 is 1.44. The number of alkyl halides is 2. The molecule has 3 aromatic rings. The third-order valence-electron chi connectivity index (χ3n) is 5.16. The molecule has 1 N–H and O–H groups in total. The van der Waals surface area contributed by atoms with Gasteiger partial charge in [0.1, 0.15) is 12.0 Å². The predicted molar refractivity (Wildman–Crippen MR) is 104 cm³/mol. The number of hydrogen-bond acceptors (Lipinski definition) is 7. The van der Waals surface area contributed by atoms with Gasteiger partial charge in [0.25, 0.3) is 12.2 Å². The number of carbonyl (C=O) groups excluding carboxylic acids is 1. The minimum atomic E-state index is -2.66. The molecule has 0 aliphatic carbocycles. The van der Waals surface area contributed by atoms with Crippen LogP contribution in [0, 0.1) is 5.92 Å². The zero-order valence-electron chi connectivity index (χ0n) is 16.0. The molecule has 1 saturated heterocycles. The van der Waals surface area contributed by atoms with Crippen LogP contribution in [-0.4, -0.2) is 48.5 Å². The predicted octanol–water partition coefficient (Wildman–Crippen LogP) is 3.10.